The van der Waals surface area contributed by atoms with Gasteiger partial charge in [-0.2, -0.15) is 4.57 Å². The van der Waals surface area contributed by atoms with Crippen molar-refractivity contribution in [3.63, 3.8) is 0 Å². The van der Waals surface area contributed by atoms with Crippen LogP contribution in [0.15, 0.2) is 66.9 Å². The van der Waals surface area contributed by atoms with Gasteiger partial charge in [0.1, 0.15) is 5.82 Å². The number of aromatic nitrogens is 1. The Balaban J connectivity index is 2.08. The summed E-state index contributed by atoms with van der Waals surface area (Å²) in [7, 11) is 0. The van der Waals surface area contributed by atoms with Gasteiger partial charge in [-0.1, -0.05) is 24.3 Å². The van der Waals surface area contributed by atoms with Crippen LogP contribution in [0.1, 0.15) is 5.56 Å². The average molecular weight is 238 g/mol. The first-order chi connectivity index (χ1) is 8.84. The Kier molecular flexibility index (Phi) is 2.77. The van der Waals surface area contributed by atoms with Gasteiger partial charge in [0.05, 0.1) is 5.56 Å². The molecule has 0 amide bonds. The molecule has 88 valence electrons. The minimum atomic E-state index is -0.155. The molecule has 3 rings (SSSR count). The summed E-state index contributed by atoms with van der Waals surface area (Å²) in [6.45, 7) is 0.550. The first kappa shape index (κ1) is 10.9. The van der Waals surface area contributed by atoms with E-state index in [0.29, 0.717) is 12.1 Å². The van der Waals surface area contributed by atoms with Crippen LogP contribution in [0.4, 0.5) is 4.39 Å². The Labute approximate surface area is 105 Å². The van der Waals surface area contributed by atoms with Gasteiger partial charge in [0, 0.05) is 17.5 Å². The van der Waals surface area contributed by atoms with Crippen LogP contribution in [0.5, 0.6) is 0 Å². The normalized spacial score (nSPS) is 10.7. The molecule has 0 aliphatic heterocycles. The highest BCUT2D eigenvalue weighted by Gasteiger charge is 2.10. The fourth-order valence-corrected chi connectivity index (χ4v) is 2.17. The third-order valence-corrected chi connectivity index (χ3v) is 3.09. The van der Waals surface area contributed by atoms with Crippen LogP contribution in [0.3, 0.4) is 0 Å². The maximum absolute atomic E-state index is 13.7. The summed E-state index contributed by atoms with van der Waals surface area (Å²) in [5, 5.41) is 1.16. The van der Waals surface area contributed by atoms with Crippen LogP contribution >= 0.6 is 0 Å². The molecular weight excluding hydrogens is 225 g/mol. The number of hydrogen-bond acceptors (Lipinski definition) is 0. The molecule has 18 heavy (non-hydrogen) atoms. The molecule has 0 bridgehead atoms. The molecule has 3 aromatic rings. The molecule has 0 N–H and O–H groups in total. The van der Waals surface area contributed by atoms with E-state index in [-0.39, 0.29) is 5.82 Å². The summed E-state index contributed by atoms with van der Waals surface area (Å²) < 4.78 is 15.7. The average Bonchev–Trinajstić information content (AvgIpc) is 2.42. The van der Waals surface area contributed by atoms with Gasteiger partial charge in [-0.3, -0.25) is 0 Å². The largest absolute Gasteiger partial charge is 0.212 e. The first-order valence-corrected chi connectivity index (χ1v) is 5.95. The lowest BCUT2D eigenvalue weighted by Gasteiger charge is -2.02. The molecule has 0 fully saturated rings. The van der Waals surface area contributed by atoms with Crippen molar-refractivity contribution in [1.82, 2.24) is 0 Å². The van der Waals surface area contributed by atoms with E-state index < -0.39 is 0 Å². The van der Waals surface area contributed by atoms with Gasteiger partial charge in [-0.25, -0.2) is 4.39 Å². The number of hydrogen-bond donors (Lipinski definition) is 0. The summed E-state index contributed by atoms with van der Waals surface area (Å²) in [6.07, 6.45) is 1.98. The summed E-state index contributed by atoms with van der Waals surface area (Å²) in [5.41, 5.74) is 1.82. The Bertz CT molecular complexity index is 686. The lowest BCUT2D eigenvalue weighted by Crippen LogP contribution is -2.34. The van der Waals surface area contributed by atoms with Crippen molar-refractivity contribution < 1.29 is 8.96 Å². The van der Waals surface area contributed by atoms with E-state index >= 15 is 0 Å². The molecule has 0 atom stereocenters. The monoisotopic (exact) mass is 238 g/mol. The van der Waals surface area contributed by atoms with Gasteiger partial charge in [-0.15, -0.1) is 0 Å². The standard InChI is InChI=1S/C16H13FN/c17-15-9-3-1-7-14(15)12-18-11-5-8-13-6-2-4-10-16(13)18/h1-11H,12H2/q+1. The van der Waals surface area contributed by atoms with Crippen molar-refractivity contribution in [2.45, 2.75) is 6.54 Å². The third-order valence-electron chi connectivity index (χ3n) is 3.09. The fourth-order valence-electron chi connectivity index (χ4n) is 2.17. The van der Waals surface area contributed by atoms with Crippen molar-refractivity contribution in [3.05, 3.63) is 78.2 Å². The molecule has 2 heteroatoms. The summed E-state index contributed by atoms with van der Waals surface area (Å²) in [4.78, 5) is 0. The number of halogens is 1. The van der Waals surface area contributed by atoms with E-state index in [1.807, 2.05) is 36.5 Å². The summed E-state index contributed by atoms with van der Waals surface area (Å²) in [5.74, 6) is -0.155. The smallest absolute Gasteiger partial charge is 0.206 e. The van der Waals surface area contributed by atoms with Crippen LogP contribution in [-0.2, 0) is 6.54 Å². The van der Waals surface area contributed by atoms with Crippen LogP contribution in [-0.4, -0.2) is 0 Å². The molecule has 0 saturated carbocycles. The van der Waals surface area contributed by atoms with Crippen LogP contribution < -0.4 is 4.57 Å². The fraction of sp³-hybridized carbons (Fsp3) is 0.0625. The van der Waals surface area contributed by atoms with E-state index in [9.17, 15) is 4.39 Å². The molecule has 2 aromatic carbocycles. The minimum Gasteiger partial charge on any atom is -0.206 e. The highest BCUT2D eigenvalue weighted by atomic mass is 19.1. The second-order valence-electron chi connectivity index (χ2n) is 4.29. The minimum absolute atomic E-state index is 0.155. The van der Waals surface area contributed by atoms with E-state index in [1.54, 1.807) is 6.07 Å². The van der Waals surface area contributed by atoms with Crippen molar-refractivity contribution in [3.8, 4) is 0 Å². The number of rotatable bonds is 2. The molecule has 0 aliphatic carbocycles. The molecule has 0 radical (unpaired) electrons. The zero-order chi connectivity index (χ0) is 12.4. The summed E-state index contributed by atoms with van der Waals surface area (Å²) in [6, 6.07) is 19.1. The van der Waals surface area contributed by atoms with Gasteiger partial charge in [0.15, 0.2) is 12.7 Å². The first-order valence-electron chi connectivity index (χ1n) is 5.95. The van der Waals surface area contributed by atoms with E-state index in [4.69, 9.17) is 0 Å². The lowest BCUT2D eigenvalue weighted by molar-refractivity contribution is -0.662. The quantitative estimate of drug-likeness (QED) is 0.603. The van der Waals surface area contributed by atoms with E-state index in [0.717, 1.165) is 10.9 Å². The molecule has 1 heterocycles. The zero-order valence-corrected chi connectivity index (χ0v) is 9.88. The van der Waals surface area contributed by atoms with Crippen LogP contribution in [0.2, 0.25) is 0 Å². The molecule has 1 nitrogen and oxygen atoms in total. The molecule has 0 spiro atoms. The topological polar surface area (TPSA) is 3.88 Å². The molecule has 0 unspecified atom stereocenters. The maximum atomic E-state index is 13.7. The Morgan fingerprint density at radius 1 is 0.833 bits per heavy atom. The number of para-hydroxylation sites is 1. The maximum Gasteiger partial charge on any atom is 0.212 e. The molecular formula is C16H13FN+. The third kappa shape index (κ3) is 1.97. The van der Waals surface area contributed by atoms with Crippen molar-refractivity contribution in [2.75, 3.05) is 0 Å². The van der Waals surface area contributed by atoms with Gasteiger partial charge in [0.2, 0.25) is 5.52 Å². The lowest BCUT2D eigenvalue weighted by atomic mass is 10.2. The van der Waals surface area contributed by atoms with E-state index in [1.165, 1.54) is 6.07 Å². The van der Waals surface area contributed by atoms with Gasteiger partial charge in [0.25, 0.3) is 0 Å². The molecule has 0 aliphatic rings. The highest BCUT2D eigenvalue weighted by molar-refractivity contribution is 5.74. The number of benzene rings is 2. The highest BCUT2D eigenvalue weighted by Crippen LogP contribution is 2.10. The number of fused-ring (bicyclic) bond motifs is 1. The second-order valence-corrected chi connectivity index (χ2v) is 4.29. The number of nitrogens with zero attached hydrogens (tertiary/aromatic N) is 1. The van der Waals surface area contributed by atoms with Crippen molar-refractivity contribution in [1.29, 1.82) is 0 Å². The van der Waals surface area contributed by atoms with E-state index in [2.05, 4.69) is 22.8 Å². The summed E-state index contributed by atoms with van der Waals surface area (Å²) >= 11 is 0. The Morgan fingerprint density at radius 2 is 1.56 bits per heavy atom. The van der Waals surface area contributed by atoms with Crippen molar-refractivity contribution >= 4 is 10.9 Å². The molecule has 0 saturated heterocycles. The number of pyridine rings is 1. The van der Waals surface area contributed by atoms with Gasteiger partial charge in [-0.05, 0) is 24.3 Å². The predicted octanol–water partition coefficient (Wildman–Crippen LogP) is 3.31. The van der Waals surface area contributed by atoms with Gasteiger partial charge >= 0.3 is 0 Å². The Morgan fingerprint density at radius 3 is 2.44 bits per heavy atom. The predicted molar refractivity (Wildman–Crippen MR) is 69.6 cm³/mol. The molecule has 1 aromatic heterocycles. The van der Waals surface area contributed by atoms with Crippen molar-refractivity contribution in [2.24, 2.45) is 0 Å². The zero-order valence-electron chi connectivity index (χ0n) is 9.88. The SMILES string of the molecule is Fc1ccccc1C[n+]1cccc2ccccc21. The van der Waals surface area contributed by atoms with Gasteiger partial charge < -0.3 is 0 Å². The van der Waals surface area contributed by atoms with Crippen LogP contribution in [0.25, 0.3) is 10.9 Å². The van der Waals surface area contributed by atoms with Crippen LogP contribution in [0, 0.1) is 5.82 Å². The second kappa shape index (κ2) is 4.57. The Hall–Kier alpha value is -2.22.